The molecule has 16 heavy (non-hydrogen) atoms. The number of nitriles is 1. The third-order valence-corrected chi connectivity index (χ3v) is 2.17. The Balaban J connectivity index is 2.53. The fraction of sp³-hybridized carbons (Fsp3) is 0.182. The van der Waals surface area contributed by atoms with Crippen molar-refractivity contribution in [3.8, 4) is 17.5 Å². The van der Waals surface area contributed by atoms with E-state index in [1.165, 1.54) is 0 Å². The lowest BCUT2D eigenvalue weighted by Gasteiger charge is -2.08. The molecule has 0 radical (unpaired) electrons. The molecule has 2 aromatic heterocycles. The highest BCUT2D eigenvalue weighted by Crippen LogP contribution is 2.22. The molecule has 0 fully saturated rings. The Labute approximate surface area is 92.9 Å². The molecule has 2 heterocycles. The van der Waals surface area contributed by atoms with Crippen molar-refractivity contribution in [3.05, 3.63) is 36.2 Å². The van der Waals surface area contributed by atoms with Gasteiger partial charge in [-0.05, 0) is 6.92 Å². The summed E-state index contributed by atoms with van der Waals surface area (Å²) in [7, 11) is 1.56. The van der Waals surface area contributed by atoms with Crippen LogP contribution in [0.25, 0.3) is 5.69 Å². The van der Waals surface area contributed by atoms with Crippen LogP contribution in [0.2, 0.25) is 0 Å². The van der Waals surface area contributed by atoms with Gasteiger partial charge in [0.15, 0.2) is 0 Å². The molecule has 0 aromatic carbocycles. The second-order valence-corrected chi connectivity index (χ2v) is 3.28. The van der Waals surface area contributed by atoms with Gasteiger partial charge in [0.1, 0.15) is 23.2 Å². The number of imidazole rings is 1. The van der Waals surface area contributed by atoms with Crippen molar-refractivity contribution in [2.24, 2.45) is 0 Å². The highest BCUT2D eigenvalue weighted by Gasteiger charge is 2.07. The normalized spacial score (nSPS) is 9.81. The van der Waals surface area contributed by atoms with Crippen LogP contribution in [-0.2, 0) is 0 Å². The summed E-state index contributed by atoms with van der Waals surface area (Å²) in [5, 5.41) is 8.74. The van der Waals surface area contributed by atoms with Gasteiger partial charge in [0.25, 0.3) is 0 Å². The van der Waals surface area contributed by atoms with Crippen LogP contribution in [0.3, 0.4) is 0 Å². The second kappa shape index (κ2) is 4.03. The molecule has 80 valence electrons. The molecule has 0 N–H and O–H groups in total. The van der Waals surface area contributed by atoms with Gasteiger partial charge in [0.2, 0.25) is 0 Å². The minimum Gasteiger partial charge on any atom is -0.494 e. The van der Waals surface area contributed by atoms with E-state index in [0.29, 0.717) is 11.4 Å². The zero-order valence-electron chi connectivity index (χ0n) is 9.01. The van der Waals surface area contributed by atoms with Gasteiger partial charge in [-0.25, -0.2) is 9.97 Å². The van der Waals surface area contributed by atoms with Crippen LogP contribution in [0.5, 0.6) is 5.75 Å². The monoisotopic (exact) mass is 214 g/mol. The van der Waals surface area contributed by atoms with Crippen molar-refractivity contribution in [1.29, 1.82) is 5.26 Å². The fourth-order valence-corrected chi connectivity index (χ4v) is 1.40. The SMILES string of the molecule is COc1cc(C#N)ncc1-n1cnc(C)c1. The van der Waals surface area contributed by atoms with Gasteiger partial charge in [-0.3, -0.25) is 0 Å². The lowest BCUT2D eigenvalue weighted by Crippen LogP contribution is -1.98. The van der Waals surface area contributed by atoms with Crippen LogP contribution < -0.4 is 4.74 Å². The molecule has 0 amide bonds. The minimum absolute atomic E-state index is 0.331. The van der Waals surface area contributed by atoms with E-state index in [1.54, 1.807) is 25.7 Å². The van der Waals surface area contributed by atoms with Gasteiger partial charge < -0.3 is 9.30 Å². The first-order valence-corrected chi connectivity index (χ1v) is 4.69. The summed E-state index contributed by atoms with van der Waals surface area (Å²) < 4.78 is 7.02. The van der Waals surface area contributed by atoms with Crippen molar-refractivity contribution in [1.82, 2.24) is 14.5 Å². The van der Waals surface area contributed by atoms with Crippen molar-refractivity contribution < 1.29 is 4.74 Å². The summed E-state index contributed by atoms with van der Waals surface area (Å²) >= 11 is 0. The highest BCUT2D eigenvalue weighted by molar-refractivity contribution is 5.47. The first-order chi connectivity index (χ1) is 7.74. The van der Waals surface area contributed by atoms with Gasteiger partial charge in [-0.1, -0.05) is 0 Å². The zero-order chi connectivity index (χ0) is 11.5. The second-order valence-electron chi connectivity index (χ2n) is 3.28. The molecule has 0 aliphatic carbocycles. The smallest absolute Gasteiger partial charge is 0.147 e. The van der Waals surface area contributed by atoms with E-state index < -0.39 is 0 Å². The van der Waals surface area contributed by atoms with Gasteiger partial charge in [0, 0.05) is 12.3 Å². The van der Waals surface area contributed by atoms with Gasteiger partial charge in [0.05, 0.1) is 25.3 Å². The number of hydrogen-bond acceptors (Lipinski definition) is 4. The first kappa shape index (κ1) is 10.2. The van der Waals surface area contributed by atoms with E-state index in [0.717, 1.165) is 11.4 Å². The number of aryl methyl sites for hydroxylation is 1. The maximum atomic E-state index is 8.74. The molecule has 5 heteroatoms. The Morgan fingerprint density at radius 2 is 2.25 bits per heavy atom. The van der Waals surface area contributed by atoms with E-state index in [9.17, 15) is 0 Å². The average molecular weight is 214 g/mol. The summed E-state index contributed by atoms with van der Waals surface area (Å²) in [6, 6.07) is 3.57. The van der Waals surface area contributed by atoms with E-state index in [4.69, 9.17) is 10.00 Å². The van der Waals surface area contributed by atoms with E-state index in [-0.39, 0.29) is 0 Å². The molecule has 5 nitrogen and oxygen atoms in total. The molecule has 0 atom stereocenters. The van der Waals surface area contributed by atoms with Crippen LogP contribution in [-0.4, -0.2) is 21.6 Å². The predicted octanol–water partition coefficient (Wildman–Crippen LogP) is 1.46. The van der Waals surface area contributed by atoms with Gasteiger partial charge >= 0.3 is 0 Å². The largest absolute Gasteiger partial charge is 0.494 e. The topological polar surface area (TPSA) is 63.7 Å². The molecule has 2 rings (SSSR count). The van der Waals surface area contributed by atoms with E-state index in [2.05, 4.69) is 9.97 Å². The molecule has 0 saturated carbocycles. The summed E-state index contributed by atoms with van der Waals surface area (Å²) in [6.45, 7) is 1.90. The standard InChI is InChI=1S/C11H10N4O/c1-8-6-15(7-14-8)10-5-13-9(4-12)3-11(10)16-2/h3,5-7H,1-2H3. The van der Waals surface area contributed by atoms with Gasteiger partial charge in [-0.2, -0.15) is 5.26 Å². The Morgan fingerprint density at radius 1 is 1.44 bits per heavy atom. The molecule has 0 aliphatic rings. The van der Waals surface area contributed by atoms with Crippen molar-refractivity contribution in [2.75, 3.05) is 7.11 Å². The number of hydrogen-bond donors (Lipinski definition) is 0. The molecular weight excluding hydrogens is 204 g/mol. The van der Waals surface area contributed by atoms with Crippen molar-refractivity contribution in [3.63, 3.8) is 0 Å². The molecule has 0 bridgehead atoms. The maximum absolute atomic E-state index is 8.74. The molecule has 2 aromatic rings. The summed E-state index contributed by atoms with van der Waals surface area (Å²) in [5.74, 6) is 0.601. The molecule has 0 aliphatic heterocycles. The van der Waals surface area contributed by atoms with Crippen LogP contribution in [0.15, 0.2) is 24.8 Å². The van der Waals surface area contributed by atoms with Crippen LogP contribution >= 0.6 is 0 Å². The molecule has 0 unspecified atom stereocenters. The third-order valence-electron chi connectivity index (χ3n) is 2.17. The average Bonchev–Trinajstić information content (AvgIpc) is 2.74. The van der Waals surface area contributed by atoms with Gasteiger partial charge in [-0.15, -0.1) is 0 Å². The van der Waals surface area contributed by atoms with E-state index >= 15 is 0 Å². The number of pyridine rings is 1. The third kappa shape index (κ3) is 1.73. The predicted molar refractivity (Wildman–Crippen MR) is 57.4 cm³/mol. The van der Waals surface area contributed by atoms with Crippen LogP contribution in [0.4, 0.5) is 0 Å². The summed E-state index contributed by atoms with van der Waals surface area (Å²) in [6.07, 6.45) is 5.14. The molecule has 0 spiro atoms. The Kier molecular flexibility index (Phi) is 2.56. The Bertz CT molecular complexity index is 553. The number of aromatic nitrogens is 3. The lowest BCUT2D eigenvalue weighted by molar-refractivity contribution is 0.412. The van der Waals surface area contributed by atoms with Crippen LogP contribution in [0.1, 0.15) is 11.4 Å². The Morgan fingerprint density at radius 3 is 2.81 bits per heavy atom. The minimum atomic E-state index is 0.331. The number of rotatable bonds is 2. The summed E-state index contributed by atoms with van der Waals surface area (Å²) in [5.41, 5.74) is 2.01. The van der Waals surface area contributed by atoms with E-state index in [1.807, 2.05) is 23.8 Å². The number of methoxy groups -OCH3 is 1. The fourth-order valence-electron chi connectivity index (χ4n) is 1.40. The maximum Gasteiger partial charge on any atom is 0.147 e. The van der Waals surface area contributed by atoms with Crippen molar-refractivity contribution >= 4 is 0 Å². The quantitative estimate of drug-likeness (QED) is 0.759. The lowest BCUT2D eigenvalue weighted by atomic mass is 10.3. The number of nitrogens with zero attached hydrogens (tertiary/aromatic N) is 4. The summed E-state index contributed by atoms with van der Waals surface area (Å²) in [4.78, 5) is 8.13. The highest BCUT2D eigenvalue weighted by atomic mass is 16.5. The van der Waals surface area contributed by atoms with Crippen LogP contribution in [0, 0.1) is 18.3 Å². The van der Waals surface area contributed by atoms with Crippen molar-refractivity contribution in [2.45, 2.75) is 6.92 Å². The zero-order valence-corrected chi connectivity index (χ0v) is 9.01. The molecular formula is C11H10N4O. The number of ether oxygens (including phenoxy) is 1. The molecule has 0 saturated heterocycles. The Hall–Kier alpha value is -2.35. The first-order valence-electron chi connectivity index (χ1n) is 4.69.